The van der Waals surface area contributed by atoms with Crippen LogP contribution in [0, 0.1) is 5.41 Å². The first kappa shape index (κ1) is 18.7. The maximum Gasteiger partial charge on any atom is 0.339 e. The Morgan fingerprint density at radius 2 is 2.00 bits per heavy atom. The summed E-state index contributed by atoms with van der Waals surface area (Å²) < 4.78 is 5.02. The zero-order valence-corrected chi connectivity index (χ0v) is 15.5. The highest BCUT2D eigenvalue weighted by molar-refractivity contribution is 5.90. The van der Waals surface area contributed by atoms with Gasteiger partial charge in [0.2, 0.25) is 0 Å². The summed E-state index contributed by atoms with van der Waals surface area (Å²) in [6.45, 7) is 9.47. The number of hydrogen-bond donors (Lipinski definition) is 2. The third-order valence-electron chi connectivity index (χ3n) is 3.49. The molecule has 0 aliphatic carbocycles. The molecule has 0 aliphatic rings. The summed E-state index contributed by atoms with van der Waals surface area (Å²) in [6, 6.07) is 5.64. The van der Waals surface area contributed by atoms with Gasteiger partial charge in [-0.05, 0) is 30.5 Å². The average molecular weight is 342 g/mol. The monoisotopic (exact) mass is 342 g/mol. The van der Waals surface area contributed by atoms with Gasteiger partial charge in [0, 0.05) is 31.5 Å². The van der Waals surface area contributed by atoms with E-state index in [4.69, 9.17) is 4.74 Å². The number of rotatable bonds is 6. The Hall–Kier alpha value is -2.63. The zero-order chi connectivity index (χ0) is 18.4. The van der Waals surface area contributed by atoms with E-state index in [9.17, 15) is 4.79 Å². The van der Waals surface area contributed by atoms with Crippen molar-refractivity contribution in [2.24, 2.45) is 5.41 Å². The van der Waals surface area contributed by atoms with Gasteiger partial charge in [0.05, 0.1) is 23.6 Å². The largest absolute Gasteiger partial charge is 0.462 e. The minimum absolute atomic E-state index is 0.168. The van der Waals surface area contributed by atoms with E-state index in [-0.39, 0.29) is 11.4 Å². The van der Waals surface area contributed by atoms with Crippen LogP contribution in [0.3, 0.4) is 0 Å². The van der Waals surface area contributed by atoms with E-state index in [0.717, 1.165) is 29.3 Å². The van der Waals surface area contributed by atoms with Crippen LogP contribution in [0.1, 0.15) is 38.1 Å². The van der Waals surface area contributed by atoms with Crippen LogP contribution in [0.2, 0.25) is 0 Å². The second kappa shape index (κ2) is 7.96. The highest BCUT2D eigenvalue weighted by Gasteiger charge is 2.13. The third-order valence-corrected chi connectivity index (χ3v) is 3.49. The molecule has 0 saturated carbocycles. The van der Waals surface area contributed by atoms with Gasteiger partial charge in [-0.2, -0.15) is 0 Å². The molecule has 0 amide bonds. The average Bonchev–Trinajstić information content (AvgIpc) is 2.59. The summed E-state index contributed by atoms with van der Waals surface area (Å²) in [7, 11) is 1.83. The smallest absolute Gasteiger partial charge is 0.339 e. The van der Waals surface area contributed by atoms with Crippen molar-refractivity contribution in [1.29, 1.82) is 0 Å². The molecule has 0 atom stereocenters. The lowest BCUT2D eigenvalue weighted by atomic mass is 9.97. The van der Waals surface area contributed by atoms with Gasteiger partial charge in [-0.25, -0.2) is 9.78 Å². The van der Waals surface area contributed by atoms with Crippen molar-refractivity contribution >= 4 is 17.5 Å². The van der Waals surface area contributed by atoms with E-state index >= 15 is 0 Å². The van der Waals surface area contributed by atoms with Crippen molar-refractivity contribution in [2.75, 3.05) is 30.8 Å². The van der Waals surface area contributed by atoms with Crippen molar-refractivity contribution in [1.82, 2.24) is 9.97 Å². The summed E-state index contributed by atoms with van der Waals surface area (Å²) in [5, 5.41) is 6.53. The van der Waals surface area contributed by atoms with E-state index < -0.39 is 0 Å². The van der Waals surface area contributed by atoms with Crippen LogP contribution < -0.4 is 10.6 Å². The molecule has 0 unspecified atom stereocenters. The first-order chi connectivity index (χ1) is 11.8. The van der Waals surface area contributed by atoms with Crippen LogP contribution in [0.4, 0.5) is 11.5 Å². The predicted molar refractivity (Wildman–Crippen MR) is 101 cm³/mol. The molecule has 0 bridgehead atoms. The van der Waals surface area contributed by atoms with E-state index in [0.29, 0.717) is 12.2 Å². The van der Waals surface area contributed by atoms with Gasteiger partial charge in [0.1, 0.15) is 5.82 Å². The highest BCUT2D eigenvalue weighted by atomic mass is 16.5. The van der Waals surface area contributed by atoms with Gasteiger partial charge in [-0.15, -0.1) is 0 Å². The summed E-state index contributed by atoms with van der Waals surface area (Å²) in [5.41, 5.74) is 3.04. The molecule has 134 valence electrons. The van der Waals surface area contributed by atoms with Gasteiger partial charge in [0.15, 0.2) is 0 Å². The zero-order valence-electron chi connectivity index (χ0n) is 15.5. The van der Waals surface area contributed by atoms with Gasteiger partial charge in [-0.1, -0.05) is 20.8 Å². The topological polar surface area (TPSA) is 76.1 Å². The van der Waals surface area contributed by atoms with Crippen molar-refractivity contribution in [2.45, 2.75) is 27.7 Å². The van der Waals surface area contributed by atoms with Crippen molar-refractivity contribution in [3.63, 3.8) is 0 Å². The number of anilines is 2. The molecule has 25 heavy (non-hydrogen) atoms. The number of esters is 1. The standard InChI is InChI=1S/C19H26N4O2/c1-6-25-18(24)14-9-13(10-21-11-14)15-7-8-16(17(20-5)23-15)22-12-19(2,3)4/h7-11,22H,6,12H2,1-5H3,(H,20,23). The van der Waals surface area contributed by atoms with Gasteiger partial charge in [0.25, 0.3) is 0 Å². The van der Waals surface area contributed by atoms with Crippen LogP contribution in [0.5, 0.6) is 0 Å². The fourth-order valence-corrected chi connectivity index (χ4v) is 2.22. The molecule has 0 aliphatic heterocycles. The summed E-state index contributed by atoms with van der Waals surface area (Å²) in [5.74, 6) is 0.373. The molecule has 2 rings (SSSR count). The molecule has 2 heterocycles. The van der Waals surface area contributed by atoms with Crippen LogP contribution in [0.15, 0.2) is 30.6 Å². The van der Waals surface area contributed by atoms with Gasteiger partial charge < -0.3 is 15.4 Å². The van der Waals surface area contributed by atoms with Gasteiger partial charge in [-0.3, -0.25) is 4.98 Å². The molecule has 6 heteroatoms. The summed E-state index contributed by atoms with van der Waals surface area (Å²) in [6.07, 6.45) is 3.19. The lowest BCUT2D eigenvalue weighted by molar-refractivity contribution is 0.0526. The second-order valence-electron chi connectivity index (χ2n) is 6.94. The van der Waals surface area contributed by atoms with Crippen LogP contribution >= 0.6 is 0 Å². The Morgan fingerprint density at radius 3 is 2.64 bits per heavy atom. The number of pyridine rings is 2. The minimum Gasteiger partial charge on any atom is -0.462 e. The molecule has 2 aromatic rings. The quantitative estimate of drug-likeness (QED) is 0.777. The molecule has 0 radical (unpaired) electrons. The SMILES string of the molecule is CCOC(=O)c1cncc(-c2ccc(NCC(C)(C)C)c(NC)n2)c1. The highest BCUT2D eigenvalue weighted by Crippen LogP contribution is 2.26. The first-order valence-corrected chi connectivity index (χ1v) is 8.39. The molecule has 6 nitrogen and oxygen atoms in total. The number of hydrogen-bond acceptors (Lipinski definition) is 6. The van der Waals surface area contributed by atoms with E-state index in [1.54, 1.807) is 19.2 Å². The Balaban J connectivity index is 2.28. The normalized spacial score (nSPS) is 11.1. The van der Waals surface area contributed by atoms with Crippen molar-refractivity contribution < 1.29 is 9.53 Å². The van der Waals surface area contributed by atoms with E-state index in [1.165, 1.54) is 6.20 Å². The first-order valence-electron chi connectivity index (χ1n) is 8.39. The number of ether oxygens (including phenoxy) is 1. The molecule has 2 aromatic heterocycles. The van der Waals surface area contributed by atoms with Crippen LogP contribution in [0.25, 0.3) is 11.3 Å². The fraction of sp³-hybridized carbons (Fsp3) is 0.421. The third kappa shape index (κ3) is 5.17. The lowest BCUT2D eigenvalue weighted by Gasteiger charge is -2.21. The van der Waals surface area contributed by atoms with E-state index in [2.05, 4.69) is 41.4 Å². The summed E-state index contributed by atoms with van der Waals surface area (Å²) >= 11 is 0. The van der Waals surface area contributed by atoms with Crippen molar-refractivity contribution in [3.8, 4) is 11.3 Å². The lowest BCUT2D eigenvalue weighted by Crippen LogP contribution is -2.19. The molecule has 0 spiro atoms. The predicted octanol–water partition coefficient (Wildman–Crippen LogP) is 3.82. The number of nitrogens with one attached hydrogen (secondary N) is 2. The van der Waals surface area contributed by atoms with Crippen LogP contribution in [-0.4, -0.2) is 36.1 Å². The molecular formula is C19H26N4O2. The Labute approximate surface area is 149 Å². The maximum atomic E-state index is 11.9. The summed E-state index contributed by atoms with van der Waals surface area (Å²) in [4.78, 5) is 20.7. The number of carbonyl (C=O) groups is 1. The molecular weight excluding hydrogens is 316 g/mol. The number of carbonyl (C=O) groups excluding carboxylic acids is 1. The Kier molecular flexibility index (Phi) is 5.96. The Bertz CT molecular complexity index is 738. The molecule has 0 aromatic carbocycles. The van der Waals surface area contributed by atoms with Crippen LogP contribution in [-0.2, 0) is 4.74 Å². The minimum atomic E-state index is -0.380. The molecule has 2 N–H and O–H groups in total. The molecule has 0 fully saturated rings. The number of nitrogens with zero attached hydrogens (tertiary/aromatic N) is 2. The van der Waals surface area contributed by atoms with Gasteiger partial charge >= 0.3 is 5.97 Å². The maximum absolute atomic E-state index is 11.9. The second-order valence-corrected chi connectivity index (χ2v) is 6.94. The van der Waals surface area contributed by atoms with Crippen molar-refractivity contribution in [3.05, 3.63) is 36.2 Å². The Morgan fingerprint density at radius 1 is 1.24 bits per heavy atom. The van der Waals surface area contributed by atoms with E-state index in [1.807, 2.05) is 19.2 Å². The fourth-order valence-electron chi connectivity index (χ4n) is 2.22. The number of aromatic nitrogens is 2. The molecule has 0 saturated heterocycles.